The summed E-state index contributed by atoms with van der Waals surface area (Å²) in [4.78, 5) is 10.8. The Kier molecular flexibility index (Phi) is 5.37. The molecule has 0 saturated heterocycles. The van der Waals surface area contributed by atoms with E-state index in [1.165, 1.54) is 6.07 Å². The first-order valence-electron chi connectivity index (χ1n) is 4.77. The van der Waals surface area contributed by atoms with Crippen LogP contribution in [0.15, 0.2) is 18.2 Å². The van der Waals surface area contributed by atoms with Crippen LogP contribution in [0.25, 0.3) is 0 Å². The molecule has 0 aliphatic carbocycles. The molecule has 0 saturated carbocycles. The van der Waals surface area contributed by atoms with E-state index in [2.05, 4.69) is 0 Å². The number of carbonyl (C=O) groups excluding carboxylic acids is 1. The molecular formula is C11H17NO2. The summed E-state index contributed by atoms with van der Waals surface area (Å²) in [6, 6.07) is 4.86. The van der Waals surface area contributed by atoms with E-state index in [0.29, 0.717) is 0 Å². The number of rotatable bonds is 2. The number of carbonyl (C=O) groups is 1. The minimum absolute atomic E-state index is 0.0558. The summed E-state index contributed by atoms with van der Waals surface area (Å²) in [6.07, 6.45) is 0.820. The summed E-state index contributed by atoms with van der Waals surface area (Å²) in [5, 5.41) is 9.20. The average Bonchev–Trinajstić information content (AvgIpc) is 2.21. The monoisotopic (exact) mass is 195 g/mol. The SMILES string of the molecule is CC.CCc1ccc(O)c(C(N)=O)c1. The first-order chi connectivity index (χ1) is 6.65. The topological polar surface area (TPSA) is 63.3 Å². The van der Waals surface area contributed by atoms with Crippen molar-refractivity contribution < 1.29 is 9.90 Å². The zero-order valence-electron chi connectivity index (χ0n) is 8.87. The predicted octanol–water partition coefficient (Wildman–Crippen LogP) is 2.08. The molecule has 0 fully saturated rings. The van der Waals surface area contributed by atoms with Gasteiger partial charge >= 0.3 is 0 Å². The Morgan fingerprint density at radius 3 is 2.43 bits per heavy atom. The second-order valence-corrected chi connectivity index (χ2v) is 2.57. The largest absolute Gasteiger partial charge is 0.507 e. The molecule has 0 spiro atoms. The van der Waals surface area contributed by atoms with E-state index >= 15 is 0 Å². The van der Waals surface area contributed by atoms with Crippen LogP contribution in [0.5, 0.6) is 5.75 Å². The Balaban J connectivity index is 0.000000791. The van der Waals surface area contributed by atoms with Crippen molar-refractivity contribution >= 4 is 5.91 Å². The maximum atomic E-state index is 10.8. The van der Waals surface area contributed by atoms with E-state index in [-0.39, 0.29) is 11.3 Å². The number of aromatic hydroxyl groups is 1. The molecule has 1 aromatic rings. The summed E-state index contributed by atoms with van der Waals surface area (Å²) < 4.78 is 0. The fourth-order valence-electron chi connectivity index (χ4n) is 1.00. The van der Waals surface area contributed by atoms with E-state index in [1.807, 2.05) is 20.8 Å². The Hall–Kier alpha value is -1.51. The number of amides is 1. The van der Waals surface area contributed by atoms with Crippen LogP contribution in [0.2, 0.25) is 0 Å². The lowest BCUT2D eigenvalue weighted by molar-refractivity contribution is 0.0997. The van der Waals surface area contributed by atoms with Gasteiger partial charge in [-0.25, -0.2) is 0 Å². The average molecular weight is 195 g/mol. The molecule has 0 aliphatic heterocycles. The molecule has 0 aromatic heterocycles. The quantitative estimate of drug-likeness (QED) is 0.758. The van der Waals surface area contributed by atoms with Crippen LogP contribution in [-0.2, 0) is 6.42 Å². The third-order valence-corrected chi connectivity index (χ3v) is 1.73. The van der Waals surface area contributed by atoms with Crippen molar-refractivity contribution in [2.45, 2.75) is 27.2 Å². The highest BCUT2D eigenvalue weighted by Gasteiger charge is 2.06. The van der Waals surface area contributed by atoms with Crippen molar-refractivity contribution in [2.24, 2.45) is 5.73 Å². The Bertz CT molecular complexity index is 308. The van der Waals surface area contributed by atoms with Gasteiger partial charge in [0.05, 0.1) is 5.56 Å². The summed E-state index contributed by atoms with van der Waals surface area (Å²) in [6.45, 7) is 5.97. The number of phenols is 1. The molecular weight excluding hydrogens is 178 g/mol. The highest BCUT2D eigenvalue weighted by Crippen LogP contribution is 2.17. The lowest BCUT2D eigenvalue weighted by Gasteiger charge is -2.02. The van der Waals surface area contributed by atoms with Crippen molar-refractivity contribution in [3.8, 4) is 5.75 Å². The predicted molar refractivity (Wildman–Crippen MR) is 57.4 cm³/mol. The normalized spacial score (nSPS) is 8.79. The molecule has 0 aliphatic rings. The lowest BCUT2D eigenvalue weighted by Crippen LogP contribution is -2.11. The van der Waals surface area contributed by atoms with Gasteiger partial charge in [-0.2, -0.15) is 0 Å². The molecule has 1 rings (SSSR count). The molecule has 0 bridgehead atoms. The molecule has 14 heavy (non-hydrogen) atoms. The highest BCUT2D eigenvalue weighted by molar-refractivity contribution is 5.95. The third-order valence-electron chi connectivity index (χ3n) is 1.73. The van der Waals surface area contributed by atoms with Gasteiger partial charge in [0.1, 0.15) is 5.75 Å². The fraction of sp³-hybridized carbons (Fsp3) is 0.364. The molecule has 3 heteroatoms. The van der Waals surface area contributed by atoms with E-state index < -0.39 is 5.91 Å². The minimum atomic E-state index is -0.595. The molecule has 1 aromatic carbocycles. The maximum absolute atomic E-state index is 10.8. The summed E-state index contributed by atoms with van der Waals surface area (Å²) >= 11 is 0. The zero-order valence-corrected chi connectivity index (χ0v) is 8.87. The molecule has 0 heterocycles. The van der Waals surface area contributed by atoms with E-state index in [4.69, 9.17) is 5.73 Å². The molecule has 0 radical (unpaired) electrons. The van der Waals surface area contributed by atoms with Crippen LogP contribution >= 0.6 is 0 Å². The van der Waals surface area contributed by atoms with Crippen molar-refractivity contribution in [1.82, 2.24) is 0 Å². The van der Waals surface area contributed by atoms with Crippen LogP contribution in [0.3, 0.4) is 0 Å². The van der Waals surface area contributed by atoms with Crippen LogP contribution in [0, 0.1) is 0 Å². The number of aryl methyl sites for hydroxylation is 1. The Labute approximate surface area is 84.6 Å². The number of hydrogen-bond donors (Lipinski definition) is 2. The van der Waals surface area contributed by atoms with Gasteiger partial charge in [0.2, 0.25) is 0 Å². The van der Waals surface area contributed by atoms with Crippen molar-refractivity contribution in [3.05, 3.63) is 29.3 Å². The van der Waals surface area contributed by atoms with Gasteiger partial charge in [-0.05, 0) is 24.1 Å². The van der Waals surface area contributed by atoms with Gasteiger partial charge in [-0.15, -0.1) is 0 Å². The summed E-state index contributed by atoms with van der Waals surface area (Å²) in [7, 11) is 0. The minimum Gasteiger partial charge on any atom is -0.507 e. The molecule has 0 atom stereocenters. The summed E-state index contributed by atoms with van der Waals surface area (Å²) in [5.74, 6) is -0.650. The third kappa shape index (κ3) is 3.09. The lowest BCUT2D eigenvalue weighted by atomic mass is 10.1. The number of nitrogens with two attached hydrogens (primary N) is 1. The Morgan fingerprint density at radius 1 is 1.43 bits per heavy atom. The van der Waals surface area contributed by atoms with Gasteiger partial charge in [0.15, 0.2) is 0 Å². The number of primary amides is 1. The highest BCUT2D eigenvalue weighted by atomic mass is 16.3. The van der Waals surface area contributed by atoms with Gasteiger partial charge in [-0.3, -0.25) is 4.79 Å². The molecule has 3 nitrogen and oxygen atoms in total. The van der Waals surface area contributed by atoms with Crippen LogP contribution in [0.4, 0.5) is 0 Å². The maximum Gasteiger partial charge on any atom is 0.252 e. The molecule has 1 amide bonds. The Morgan fingerprint density at radius 2 is 2.00 bits per heavy atom. The standard InChI is InChI=1S/C9H11NO2.C2H6/c1-2-6-3-4-8(11)7(5-6)9(10)12;1-2/h3-5,11H,2H2,1H3,(H2,10,12);1-2H3. The van der Waals surface area contributed by atoms with Gasteiger partial charge < -0.3 is 10.8 Å². The number of hydrogen-bond acceptors (Lipinski definition) is 2. The summed E-state index contributed by atoms with van der Waals surface area (Å²) in [5.41, 5.74) is 6.22. The number of benzene rings is 1. The first-order valence-corrected chi connectivity index (χ1v) is 4.77. The molecule has 78 valence electrons. The van der Waals surface area contributed by atoms with Gasteiger partial charge in [-0.1, -0.05) is 26.8 Å². The second kappa shape index (κ2) is 6.02. The fourth-order valence-corrected chi connectivity index (χ4v) is 1.00. The smallest absolute Gasteiger partial charge is 0.252 e. The van der Waals surface area contributed by atoms with Crippen molar-refractivity contribution in [1.29, 1.82) is 0 Å². The van der Waals surface area contributed by atoms with Crippen LogP contribution in [-0.4, -0.2) is 11.0 Å². The molecule has 3 N–H and O–H groups in total. The van der Waals surface area contributed by atoms with Crippen LogP contribution < -0.4 is 5.73 Å². The van der Waals surface area contributed by atoms with Crippen molar-refractivity contribution in [2.75, 3.05) is 0 Å². The van der Waals surface area contributed by atoms with E-state index in [9.17, 15) is 9.90 Å². The first kappa shape index (κ1) is 12.5. The molecule has 0 unspecified atom stereocenters. The van der Waals surface area contributed by atoms with E-state index in [0.717, 1.165) is 12.0 Å². The zero-order chi connectivity index (χ0) is 11.1. The van der Waals surface area contributed by atoms with Gasteiger partial charge in [0, 0.05) is 0 Å². The van der Waals surface area contributed by atoms with E-state index in [1.54, 1.807) is 12.1 Å². The van der Waals surface area contributed by atoms with Crippen molar-refractivity contribution in [3.63, 3.8) is 0 Å². The van der Waals surface area contributed by atoms with Gasteiger partial charge in [0.25, 0.3) is 5.91 Å². The second-order valence-electron chi connectivity index (χ2n) is 2.57. The van der Waals surface area contributed by atoms with Crippen LogP contribution in [0.1, 0.15) is 36.7 Å².